The minimum atomic E-state index is -0.354. The molecule has 0 saturated carbocycles. The summed E-state index contributed by atoms with van der Waals surface area (Å²) in [5.74, 6) is 1.67. The normalized spacial score (nSPS) is 22.4. The van der Waals surface area contributed by atoms with Crippen LogP contribution in [0, 0.1) is 6.92 Å². The van der Waals surface area contributed by atoms with Crippen LogP contribution in [0.3, 0.4) is 0 Å². The molecule has 7 nitrogen and oxygen atoms in total. The van der Waals surface area contributed by atoms with Gasteiger partial charge in [-0.25, -0.2) is 14.8 Å². The molecule has 0 aliphatic carbocycles. The molecule has 3 rings (SSSR count). The van der Waals surface area contributed by atoms with Crippen LogP contribution >= 0.6 is 0 Å². The monoisotopic (exact) mass is 318 g/mol. The molecule has 3 heterocycles. The third kappa shape index (κ3) is 3.13. The van der Waals surface area contributed by atoms with Gasteiger partial charge in [0.15, 0.2) is 0 Å². The summed E-state index contributed by atoms with van der Waals surface area (Å²) in [4.78, 5) is 35.8. The number of likely N-dealkylation sites (tertiary alicyclic amines) is 1. The van der Waals surface area contributed by atoms with Crippen molar-refractivity contribution in [3.05, 3.63) is 17.6 Å². The van der Waals surface area contributed by atoms with Crippen molar-refractivity contribution in [1.29, 1.82) is 0 Å². The number of nitrogens with zero attached hydrogens (tertiary/aromatic N) is 4. The molecule has 124 valence electrons. The van der Waals surface area contributed by atoms with Gasteiger partial charge in [-0.05, 0) is 26.7 Å². The van der Waals surface area contributed by atoms with Crippen LogP contribution in [0.5, 0.6) is 0 Å². The van der Waals surface area contributed by atoms with Crippen LogP contribution in [0.15, 0.2) is 6.07 Å². The Balaban J connectivity index is 1.81. The van der Waals surface area contributed by atoms with Gasteiger partial charge < -0.3 is 9.64 Å². The van der Waals surface area contributed by atoms with Crippen molar-refractivity contribution in [2.45, 2.75) is 45.6 Å². The molecule has 1 aromatic rings. The van der Waals surface area contributed by atoms with Crippen molar-refractivity contribution in [2.75, 3.05) is 24.6 Å². The maximum Gasteiger partial charge on any atom is 0.415 e. The number of anilines is 1. The highest BCUT2D eigenvalue weighted by Crippen LogP contribution is 2.30. The zero-order valence-electron chi connectivity index (χ0n) is 13.8. The van der Waals surface area contributed by atoms with Crippen molar-refractivity contribution in [3.8, 4) is 0 Å². The molecule has 0 aromatic carbocycles. The number of aryl methyl sites for hydroxylation is 1. The zero-order valence-corrected chi connectivity index (χ0v) is 13.8. The van der Waals surface area contributed by atoms with E-state index in [2.05, 4.69) is 9.97 Å². The van der Waals surface area contributed by atoms with Crippen molar-refractivity contribution in [2.24, 2.45) is 0 Å². The lowest BCUT2D eigenvalue weighted by Gasteiger charge is -2.31. The fourth-order valence-corrected chi connectivity index (χ4v) is 3.23. The van der Waals surface area contributed by atoms with Gasteiger partial charge in [-0.3, -0.25) is 9.69 Å². The molecule has 2 aliphatic rings. The van der Waals surface area contributed by atoms with Crippen molar-refractivity contribution < 1.29 is 14.3 Å². The molecule has 0 unspecified atom stereocenters. The Morgan fingerprint density at radius 2 is 2.00 bits per heavy atom. The average Bonchev–Trinajstić information content (AvgIpc) is 2.85. The smallest absolute Gasteiger partial charge is 0.415 e. The second-order valence-electron chi connectivity index (χ2n) is 6.27. The first-order chi connectivity index (χ1) is 11.0. The number of aromatic nitrogens is 2. The van der Waals surface area contributed by atoms with Gasteiger partial charge in [0.2, 0.25) is 5.91 Å². The number of carbonyl (C=O) groups is 2. The topological polar surface area (TPSA) is 75.6 Å². The lowest BCUT2D eigenvalue weighted by Crippen LogP contribution is -2.36. The number of rotatable bonds is 2. The summed E-state index contributed by atoms with van der Waals surface area (Å²) < 4.78 is 5.08. The Morgan fingerprint density at radius 3 is 2.57 bits per heavy atom. The van der Waals surface area contributed by atoms with Crippen molar-refractivity contribution in [3.63, 3.8) is 0 Å². The first kappa shape index (κ1) is 15.7. The van der Waals surface area contributed by atoms with Crippen LogP contribution < -0.4 is 4.90 Å². The summed E-state index contributed by atoms with van der Waals surface area (Å²) in [6.07, 6.45) is 1.42. The van der Waals surface area contributed by atoms with E-state index in [4.69, 9.17) is 4.74 Å². The zero-order chi connectivity index (χ0) is 16.6. The number of carbonyl (C=O) groups excluding carboxylic acids is 2. The summed E-state index contributed by atoms with van der Waals surface area (Å²) in [6.45, 7) is 7.26. The molecule has 2 amide bonds. The summed E-state index contributed by atoms with van der Waals surface area (Å²) >= 11 is 0. The molecule has 0 N–H and O–H groups in total. The van der Waals surface area contributed by atoms with Crippen molar-refractivity contribution >= 4 is 17.8 Å². The molecule has 1 aromatic heterocycles. The molecule has 2 aliphatic heterocycles. The number of piperidine rings is 1. The van der Waals surface area contributed by atoms with Gasteiger partial charge in [0.25, 0.3) is 0 Å². The molecular weight excluding hydrogens is 296 g/mol. The molecule has 0 spiro atoms. The Bertz CT molecular complexity index is 626. The first-order valence-electron chi connectivity index (χ1n) is 8.03. The van der Waals surface area contributed by atoms with Gasteiger partial charge in [0.1, 0.15) is 18.2 Å². The van der Waals surface area contributed by atoms with Gasteiger partial charge >= 0.3 is 6.09 Å². The Labute approximate surface area is 135 Å². The van der Waals surface area contributed by atoms with E-state index in [9.17, 15) is 9.59 Å². The number of amides is 2. The van der Waals surface area contributed by atoms with Crippen molar-refractivity contribution in [1.82, 2.24) is 14.9 Å². The van der Waals surface area contributed by atoms with Crippen LogP contribution in [0.4, 0.5) is 10.6 Å². The summed E-state index contributed by atoms with van der Waals surface area (Å²) in [5.41, 5.74) is 0.947. The Hall–Kier alpha value is -2.18. The third-order valence-electron chi connectivity index (χ3n) is 4.54. The molecule has 2 fully saturated rings. The van der Waals surface area contributed by atoms with E-state index in [0.29, 0.717) is 24.2 Å². The Morgan fingerprint density at radius 1 is 1.30 bits per heavy atom. The van der Waals surface area contributed by atoms with Crippen LogP contribution in [-0.2, 0) is 9.53 Å². The highest BCUT2D eigenvalue weighted by Gasteiger charge is 2.33. The first-order valence-corrected chi connectivity index (χ1v) is 8.03. The van der Waals surface area contributed by atoms with E-state index in [-0.39, 0.29) is 18.0 Å². The van der Waals surface area contributed by atoms with Crippen LogP contribution in [0.25, 0.3) is 0 Å². The minimum absolute atomic E-state index is 0.0239. The second-order valence-corrected chi connectivity index (χ2v) is 6.27. The largest absolute Gasteiger partial charge is 0.447 e. The summed E-state index contributed by atoms with van der Waals surface area (Å²) in [5, 5.41) is 0. The maximum absolute atomic E-state index is 11.9. The third-order valence-corrected chi connectivity index (χ3v) is 4.54. The lowest BCUT2D eigenvalue weighted by molar-refractivity contribution is -0.129. The molecule has 0 bridgehead atoms. The number of cyclic esters (lactones) is 1. The Kier molecular flexibility index (Phi) is 4.19. The maximum atomic E-state index is 11.9. The highest BCUT2D eigenvalue weighted by atomic mass is 16.6. The molecule has 2 saturated heterocycles. The number of hydrogen-bond acceptors (Lipinski definition) is 5. The van der Waals surface area contributed by atoms with Gasteiger partial charge in [0, 0.05) is 37.7 Å². The fraction of sp³-hybridized carbons (Fsp3) is 0.625. The SMILES string of the molecule is CC(=O)N1CCC(c2cc(N3C(=O)OC[C@@H]3C)nc(C)n2)CC1. The van der Waals surface area contributed by atoms with Gasteiger partial charge in [-0.1, -0.05) is 0 Å². The van der Waals surface area contributed by atoms with E-state index >= 15 is 0 Å². The standard InChI is InChI=1S/C16H22N4O3/c1-10-9-23-16(22)20(10)15-8-14(17-11(2)18-15)13-4-6-19(7-5-13)12(3)21/h8,10,13H,4-7,9H2,1-3H3/t10-/m0/s1. The van der Waals surface area contributed by atoms with E-state index in [1.165, 1.54) is 0 Å². The molecule has 23 heavy (non-hydrogen) atoms. The average molecular weight is 318 g/mol. The lowest BCUT2D eigenvalue weighted by atomic mass is 9.93. The minimum Gasteiger partial charge on any atom is -0.447 e. The van der Waals surface area contributed by atoms with Crippen LogP contribution in [0.2, 0.25) is 0 Å². The van der Waals surface area contributed by atoms with E-state index < -0.39 is 0 Å². The van der Waals surface area contributed by atoms with Crippen LogP contribution in [-0.4, -0.2) is 52.6 Å². The van der Waals surface area contributed by atoms with Gasteiger partial charge in [-0.15, -0.1) is 0 Å². The van der Waals surface area contributed by atoms with E-state index in [1.54, 1.807) is 11.8 Å². The summed E-state index contributed by atoms with van der Waals surface area (Å²) in [6, 6.07) is 1.87. The van der Waals surface area contributed by atoms with E-state index in [0.717, 1.165) is 31.6 Å². The predicted molar refractivity (Wildman–Crippen MR) is 84.3 cm³/mol. The van der Waals surface area contributed by atoms with Gasteiger partial charge in [-0.2, -0.15) is 0 Å². The number of ether oxygens (including phenoxy) is 1. The van der Waals surface area contributed by atoms with Gasteiger partial charge in [0.05, 0.1) is 6.04 Å². The predicted octanol–water partition coefficient (Wildman–Crippen LogP) is 1.86. The number of hydrogen-bond donors (Lipinski definition) is 0. The molecular formula is C16H22N4O3. The fourth-order valence-electron chi connectivity index (χ4n) is 3.23. The summed E-state index contributed by atoms with van der Waals surface area (Å²) in [7, 11) is 0. The second kappa shape index (κ2) is 6.14. The molecule has 1 atom stereocenters. The molecule has 7 heteroatoms. The van der Waals surface area contributed by atoms with Crippen LogP contribution in [0.1, 0.15) is 44.1 Å². The quantitative estimate of drug-likeness (QED) is 0.832. The highest BCUT2D eigenvalue weighted by molar-refractivity contribution is 5.89. The van der Waals surface area contributed by atoms with E-state index in [1.807, 2.05) is 24.8 Å². The molecule has 0 radical (unpaired) electrons.